The minimum atomic E-state index is -3.70. The number of benzene rings is 2. The molecule has 0 spiro atoms. The summed E-state index contributed by atoms with van der Waals surface area (Å²) in [4.78, 5) is 4.47. The Bertz CT molecular complexity index is 1250. The molecular formula is C19H19N5O3S. The molecular weight excluding hydrogens is 378 g/mol. The summed E-state index contributed by atoms with van der Waals surface area (Å²) in [5.74, 6) is 0. The van der Waals surface area contributed by atoms with Crippen molar-refractivity contribution in [3.8, 4) is 0 Å². The number of aliphatic hydroxyl groups is 1. The lowest BCUT2D eigenvalue weighted by Gasteiger charge is -2.17. The molecule has 0 saturated carbocycles. The summed E-state index contributed by atoms with van der Waals surface area (Å²) in [6.45, 7) is -0.212. The van der Waals surface area contributed by atoms with Crippen LogP contribution in [-0.4, -0.2) is 53.2 Å². The average Bonchev–Trinajstić information content (AvgIpc) is 3.16. The first kappa shape index (κ1) is 18.4. The molecule has 4 aromatic rings. The largest absolute Gasteiger partial charge is 0.395 e. The van der Waals surface area contributed by atoms with E-state index in [1.807, 2.05) is 18.2 Å². The van der Waals surface area contributed by atoms with Crippen LogP contribution in [0.4, 0.5) is 11.4 Å². The van der Waals surface area contributed by atoms with Crippen LogP contribution >= 0.6 is 0 Å². The molecule has 0 aliphatic heterocycles. The monoisotopic (exact) mass is 397 g/mol. The molecule has 0 amide bonds. The fourth-order valence-corrected chi connectivity index (χ4v) is 4.19. The second-order valence-electron chi connectivity index (χ2n) is 6.38. The molecule has 4 rings (SSSR count). The summed E-state index contributed by atoms with van der Waals surface area (Å²) in [6, 6.07) is 12.4. The SMILES string of the molecule is CN(CCO)S(=O)(=O)c1ccc2nccc(Nc3ccc4cn[nH]c4c3)c2c1. The van der Waals surface area contributed by atoms with Crippen molar-refractivity contribution in [2.75, 3.05) is 25.5 Å². The Kier molecular flexibility index (Phi) is 4.71. The number of sulfonamides is 1. The number of H-pyrrole nitrogens is 1. The van der Waals surface area contributed by atoms with Crippen LogP contribution in [0.15, 0.2) is 59.8 Å². The second-order valence-corrected chi connectivity index (χ2v) is 8.43. The van der Waals surface area contributed by atoms with Crippen LogP contribution < -0.4 is 5.32 Å². The topological polar surface area (TPSA) is 111 Å². The molecule has 0 fully saturated rings. The number of anilines is 2. The number of aliphatic hydroxyl groups excluding tert-OH is 1. The maximum absolute atomic E-state index is 12.7. The molecule has 0 aliphatic carbocycles. The van der Waals surface area contributed by atoms with Crippen molar-refractivity contribution in [2.24, 2.45) is 0 Å². The van der Waals surface area contributed by atoms with E-state index in [1.54, 1.807) is 30.6 Å². The number of nitrogens with one attached hydrogen (secondary N) is 2. The summed E-state index contributed by atoms with van der Waals surface area (Å²) in [5.41, 5.74) is 3.16. The van der Waals surface area contributed by atoms with Gasteiger partial charge in [-0.1, -0.05) is 0 Å². The van der Waals surface area contributed by atoms with Crippen molar-refractivity contribution in [2.45, 2.75) is 4.90 Å². The Morgan fingerprint density at radius 1 is 1.18 bits per heavy atom. The molecule has 2 aromatic carbocycles. The van der Waals surface area contributed by atoms with Crippen LogP contribution in [0.2, 0.25) is 0 Å². The van der Waals surface area contributed by atoms with Crippen LogP contribution in [0, 0.1) is 0 Å². The lowest BCUT2D eigenvalue weighted by Crippen LogP contribution is -2.29. The fraction of sp³-hybridized carbons (Fsp3) is 0.158. The highest BCUT2D eigenvalue weighted by molar-refractivity contribution is 7.89. The number of aromatic amines is 1. The van der Waals surface area contributed by atoms with Gasteiger partial charge in [0.25, 0.3) is 0 Å². The molecule has 8 nitrogen and oxygen atoms in total. The van der Waals surface area contributed by atoms with E-state index >= 15 is 0 Å². The van der Waals surface area contributed by atoms with E-state index in [4.69, 9.17) is 5.11 Å². The summed E-state index contributed by atoms with van der Waals surface area (Å²) in [7, 11) is -2.26. The first-order chi connectivity index (χ1) is 13.5. The van der Waals surface area contributed by atoms with Crippen LogP contribution in [0.1, 0.15) is 0 Å². The molecule has 144 valence electrons. The van der Waals surface area contributed by atoms with Crippen molar-refractivity contribution in [1.82, 2.24) is 19.5 Å². The van der Waals surface area contributed by atoms with Gasteiger partial charge in [-0.3, -0.25) is 10.1 Å². The number of hydrogen-bond acceptors (Lipinski definition) is 6. The molecule has 0 radical (unpaired) electrons. The van der Waals surface area contributed by atoms with Gasteiger partial charge in [0.05, 0.1) is 28.7 Å². The zero-order valence-corrected chi connectivity index (χ0v) is 15.9. The van der Waals surface area contributed by atoms with Gasteiger partial charge in [-0.15, -0.1) is 0 Å². The maximum atomic E-state index is 12.7. The average molecular weight is 397 g/mol. The zero-order valence-electron chi connectivity index (χ0n) is 15.1. The van der Waals surface area contributed by atoms with Crippen LogP contribution in [0.3, 0.4) is 0 Å². The van der Waals surface area contributed by atoms with E-state index in [1.165, 1.54) is 13.1 Å². The summed E-state index contributed by atoms with van der Waals surface area (Å²) in [6.07, 6.45) is 3.42. The number of likely N-dealkylation sites (N-methyl/N-ethyl adjacent to an activating group) is 1. The summed E-state index contributed by atoms with van der Waals surface area (Å²) in [5, 5.41) is 21.0. The lowest BCUT2D eigenvalue weighted by atomic mass is 10.1. The molecule has 0 atom stereocenters. The van der Waals surface area contributed by atoms with Gasteiger partial charge in [0.2, 0.25) is 10.0 Å². The Balaban J connectivity index is 1.76. The molecule has 2 heterocycles. The minimum absolute atomic E-state index is 0.0305. The number of fused-ring (bicyclic) bond motifs is 2. The van der Waals surface area contributed by atoms with Crippen molar-refractivity contribution < 1.29 is 13.5 Å². The van der Waals surface area contributed by atoms with E-state index in [0.29, 0.717) is 10.9 Å². The highest BCUT2D eigenvalue weighted by Crippen LogP contribution is 2.29. The van der Waals surface area contributed by atoms with Gasteiger partial charge in [-0.05, 0) is 42.5 Å². The molecule has 3 N–H and O–H groups in total. The van der Waals surface area contributed by atoms with E-state index in [9.17, 15) is 8.42 Å². The number of aromatic nitrogens is 3. The van der Waals surface area contributed by atoms with Gasteiger partial charge in [-0.2, -0.15) is 9.40 Å². The molecule has 0 saturated heterocycles. The first-order valence-electron chi connectivity index (χ1n) is 8.65. The quantitative estimate of drug-likeness (QED) is 0.461. The summed E-state index contributed by atoms with van der Waals surface area (Å²) < 4.78 is 26.6. The van der Waals surface area contributed by atoms with E-state index < -0.39 is 10.0 Å². The third-order valence-electron chi connectivity index (χ3n) is 4.56. The molecule has 0 unspecified atom stereocenters. The van der Waals surface area contributed by atoms with Crippen molar-refractivity contribution in [3.63, 3.8) is 0 Å². The Morgan fingerprint density at radius 3 is 2.86 bits per heavy atom. The van der Waals surface area contributed by atoms with Crippen molar-refractivity contribution in [1.29, 1.82) is 0 Å². The highest BCUT2D eigenvalue weighted by atomic mass is 32.2. The molecule has 0 aliphatic rings. The smallest absolute Gasteiger partial charge is 0.242 e. The Hall–Kier alpha value is -3.01. The van der Waals surface area contributed by atoms with Crippen molar-refractivity contribution in [3.05, 3.63) is 54.9 Å². The van der Waals surface area contributed by atoms with Gasteiger partial charge in [0, 0.05) is 41.9 Å². The standard InChI is InChI=1S/C19H19N5O3S/c1-24(8-9-25)28(26,27)15-4-5-17-16(11-15)18(6-7-20-17)22-14-3-2-13-12-21-23-19(13)10-14/h2-7,10-12,25H,8-9H2,1H3,(H,20,22)(H,21,23). The zero-order chi connectivity index (χ0) is 19.7. The third-order valence-corrected chi connectivity index (χ3v) is 6.41. The Morgan fingerprint density at radius 2 is 2.04 bits per heavy atom. The first-order valence-corrected chi connectivity index (χ1v) is 10.1. The van der Waals surface area contributed by atoms with Gasteiger partial charge in [-0.25, -0.2) is 8.42 Å². The van der Waals surface area contributed by atoms with Gasteiger partial charge < -0.3 is 10.4 Å². The predicted octanol–water partition coefficient (Wildman–Crippen LogP) is 2.47. The van der Waals surface area contributed by atoms with E-state index in [-0.39, 0.29) is 18.0 Å². The normalized spacial score (nSPS) is 12.1. The van der Waals surface area contributed by atoms with Gasteiger partial charge in [0.1, 0.15) is 0 Å². The third kappa shape index (κ3) is 3.31. The number of hydrogen-bond donors (Lipinski definition) is 3. The number of nitrogens with zero attached hydrogens (tertiary/aromatic N) is 3. The van der Waals surface area contributed by atoms with Crippen LogP contribution in [-0.2, 0) is 10.0 Å². The number of pyridine rings is 1. The van der Waals surface area contributed by atoms with Crippen LogP contribution in [0.25, 0.3) is 21.8 Å². The Labute approximate surface area is 161 Å². The van der Waals surface area contributed by atoms with Crippen LogP contribution in [0.5, 0.6) is 0 Å². The highest BCUT2D eigenvalue weighted by Gasteiger charge is 2.21. The van der Waals surface area contributed by atoms with Crippen molar-refractivity contribution >= 4 is 43.2 Å². The second kappa shape index (κ2) is 7.19. The van der Waals surface area contributed by atoms with E-state index in [0.717, 1.165) is 26.6 Å². The summed E-state index contributed by atoms with van der Waals surface area (Å²) >= 11 is 0. The minimum Gasteiger partial charge on any atom is -0.395 e. The molecule has 9 heteroatoms. The fourth-order valence-electron chi connectivity index (χ4n) is 3.01. The molecule has 0 bridgehead atoms. The maximum Gasteiger partial charge on any atom is 0.242 e. The lowest BCUT2D eigenvalue weighted by molar-refractivity contribution is 0.266. The molecule has 2 aromatic heterocycles. The van der Waals surface area contributed by atoms with Gasteiger partial charge >= 0.3 is 0 Å². The molecule has 28 heavy (non-hydrogen) atoms. The number of rotatable bonds is 6. The van der Waals surface area contributed by atoms with Gasteiger partial charge in [0.15, 0.2) is 0 Å². The van der Waals surface area contributed by atoms with E-state index in [2.05, 4.69) is 20.5 Å². The predicted molar refractivity (Wildman–Crippen MR) is 108 cm³/mol.